The fraction of sp³-hybridized carbons (Fsp3) is 0.667. The molecule has 0 bridgehead atoms. The molecule has 2 amide bonds. The van der Waals surface area contributed by atoms with Gasteiger partial charge < -0.3 is 14.5 Å². The van der Waals surface area contributed by atoms with Gasteiger partial charge in [0.15, 0.2) is 0 Å². The Morgan fingerprint density at radius 3 is 2.73 bits per heavy atom. The third-order valence-corrected chi connectivity index (χ3v) is 4.77. The lowest BCUT2D eigenvalue weighted by atomic mass is 9.82. The van der Waals surface area contributed by atoms with Gasteiger partial charge in [-0.25, -0.2) is 4.68 Å². The van der Waals surface area contributed by atoms with Crippen LogP contribution < -0.4 is 4.90 Å². The van der Waals surface area contributed by atoms with Crippen LogP contribution in [-0.4, -0.2) is 60.3 Å². The molecule has 0 radical (unpaired) electrons. The van der Waals surface area contributed by atoms with E-state index >= 15 is 0 Å². The van der Waals surface area contributed by atoms with Gasteiger partial charge in [-0.05, 0) is 19.8 Å². The molecule has 0 saturated carbocycles. The Hall–Kier alpha value is -1.89. The maximum absolute atomic E-state index is 12.3. The topological polar surface area (TPSA) is 67.7 Å². The lowest BCUT2D eigenvalue weighted by Crippen LogP contribution is -2.54. The third kappa shape index (κ3) is 2.29. The van der Waals surface area contributed by atoms with Crippen LogP contribution in [0.25, 0.3) is 0 Å². The van der Waals surface area contributed by atoms with Crippen molar-refractivity contribution < 1.29 is 14.3 Å². The number of piperidine rings is 1. The van der Waals surface area contributed by atoms with Crippen molar-refractivity contribution in [1.29, 1.82) is 0 Å². The molecule has 22 heavy (non-hydrogen) atoms. The van der Waals surface area contributed by atoms with E-state index in [9.17, 15) is 9.59 Å². The van der Waals surface area contributed by atoms with Crippen molar-refractivity contribution in [1.82, 2.24) is 14.7 Å². The Balaban J connectivity index is 1.85. The maximum atomic E-state index is 12.3. The molecule has 0 unspecified atom stereocenters. The summed E-state index contributed by atoms with van der Waals surface area (Å²) in [4.78, 5) is 27.8. The molecule has 1 aromatic rings. The summed E-state index contributed by atoms with van der Waals surface area (Å²) in [6.07, 6.45) is 1.94. The summed E-state index contributed by atoms with van der Waals surface area (Å²) in [5.74, 6) is 0.975. The number of methoxy groups -OCH3 is 1. The first-order chi connectivity index (χ1) is 10.5. The highest BCUT2D eigenvalue weighted by atomic mass is 16.5. The van der Waals surface area contributed by atoms with E-state index in [0.717, 1.165) is 24.4 Å². The molecule has 2 aliphatic heterocycles. The highest BCUT2D eigenvalue weighted by Gasteiger charge is 2.45. The molecule has 3 rings (SSSR count). The van der Waals surface area contributed by atoms with Crippen molar-refractivity contribution in [3.63, 3.8) is 0 Å². The fourth-order valence-electron chi connectivity index (χ4n) is 3.45. The zero-order valence-corrected chi connectivity index (χ0v) is 13.3. The van der Waals surface area contributed by atoms with Gasteiger partial charge in [0.05, 0.1) is 17.7 Å². The van der Waals surface area contributed by atoms with E-state index in [1.165, 1.54) is 7.11 Å². The first kappa shape index (κ1) is 15.0. The zero-order chi connectivity index (χ0) is 15.9. The summed E-state index contributed by atoms with van der Waals surface area (Å²) in [5.41, 5.74) is 0.616. The van der Waals surface area contributed by atoms with Gasteiger partial charge in [-0.1, -0.05) is 0 Å². The third-order valence-electron chi connectivity index (χ3n) is 4.77. The summed E-state index contributed by atoms with van der Waals surface area (Å²) in [5, 5.41) is 4.61. The Labute approximate surface area is 129 Å². The van der Waals surface area contributed by atoms with Crippen LogP contribution >= 0.6 is 0 Å². The molecule has 1 aromatic heterocycles. The number of carbonyl (C=O) groups is 2. The minimum atomic E-state index is -0.295. The molecule has 120 valence electrons. The summed E-state index contributed by atoms with van der Waals surface area (Å²) in [6, 6.07) is 1.95. The lowest BCUT2D eigenvalue weighted by molar-refractivity contribution is -0.137. The first-order valence-corrected chi connectivity index (χ1v) is 7.57. The van der Waals surface area contributed by atoms with Crippen LogP contribution in [0.4, 0.5) is 5.82 Å². The van der Waals surface area contributed by atoms with Crippen LogP contribution in [0.15, 0.2) is 6.07 Å². The average molecular weight is 306 g/mol. The first-order valence-electron chi connectivity index (χ1n) is 7.57. The molecule has 0 N–H and O–H groups in total. The van der Waals surface area contributed by atoms with E-state index < -0.39 is 0 Å². The number of hydrogen-bond acceptors (Lipinski definition) is 4. The average Bonchev–Trinajstić information content (AvgIpc) is 2.89. The molecule has 2 aliphatic rings. The Kier molecular flexibility index (Phi) is 3.68. The van der Waals surface area contributed by atoms with E-state index in [-0.39, 0.29) is 24.0 Å². The van der Waals surface area contributed by atoms with Gasteiger partial charge >= 0.3 is 0 Å². The number of rotatable bonds is 2. The molecule has 3 heterocycles. The van der Waals surface area contributed by atoms with Crippen LogP contribution in [0.1, 0.15) is 25.0 Å². The molecule has 7 heteroatoms. The number of aryl methyl sites for hydroxylation is 1. The van der Waals surface area contributed by atoms with E-state index in [4.69, 9.17) is 4.74 Å². The quantitative estimate of drug-likeness (QED) is 0.799. The normalized spacial score (nSPS) is 20.4. The number of carbonyl (C=O) groups excluding carboxylic acids is 2. The number of nitrogens with zero attached hydrogens (tertiary/aromatic N) is 4. The van der Waals surface area contributed by atoms with Gasteiger partial charge in [0.25, 0.3) is 0 Å². The molecule has 1 spiro atoms. The standard InChI is InChI=1S/C15H22N4O3/c1-11-8-12-17(2)13(20)9-15(19(12)16-11)4-6-18(7-5-15)14(21)10-22-3/h8H,4-7,9-10H2,1-3H3. The van der Waals surface area contributed by atoms with Crippen LogP contribution in [0.3, 0.4) is 0 Å². The largest absolute Gasteiger partial charge is 0.375 e. The fourth-order valence-corrected chi connectivity index (χ4v) is 3.45. The van der Waals surface area contributed by atoms with Gasteiger partial charge in [-0.15, -0.1) is 0 Å². The van der Waals surface area contributed by atoms with E-state index in [0.29, 0.717) is 19.5 Å². The van der Waals surface area contributed by atoms with E-state index in [1.54, 1.807) is 11.9 Å². The predicted molar refractivity (Wildman–Crippen MR) is 80.7 cm³/mol. The number of ether oxygens (including phenoxy) is 1. The van der Waals surface area contributed by atoms with Crippen molar-refractivity contribution in [2.75, 3.05) is 38.8 Å². The predicted octanol–water partition coefficient (Wildman–Crippen LogP) is 0.522. The molecular weight excluding hydrogens is 284 g/mol. The number of likely N-dealkylation sites (tertiary alicyclic amines) is 1. The van der Waals surface area contributed by atoms with Crippen LogP contribution in [0, 0.1) is 6.92 Å². The summed E-state index contributed by atoms with van der Waals surface area (Å²) < 4.78 is 6.92. The van der Waals surface area contributed by atoms with Crippen molar-refractivity contribution in [3.05, 3.63) is 11.8 Å². The Morgan fingerprint density at radius 2 is 2.09 bits per heavy atom. The highest BCUT2D eigenvalue weighted by molar-refractivity contribution is 5.94. The second kappa shape index (κ2) is 5.39. The molecule has 0 aromatic carbocycles. The van der Waals surface area contributed by atoms with Crippen LogP contribution in [0.5, 0.6) is 0 Å². The van der Waals surface area contributed by atoms with E-state index in [2.05, 4.69) is 5.10 Å². The number of hydrogen-bond donors (Lipinski definition) is 0. The minimum absolute atomic E-state index is 0.00785. The van der Waals surface area contributed by atoms with Crippen molar-refractivity contribution in [2.45, 2.75) is 31.7 Å². The summed E-state index contributed by atoms with van der Waals surface area (Å²) >= 11 is 0. The number of aromatic nitrogens is 2. The molecule has 7 nitrogen and oxygen atoms in total. The maximum Gasteiger partial charge on any atom is 0.248 e. The van der Waals surface area contributed by atoms with Gasteiger partial charge in [-0.2, -0.15) is 5.10 Å². The van der Waals surface area contributed by atoms with Gasteiger partial charge in [0.1, 0.15) is 12.4 Å². The summed E-state index contributed by atoms with van der Waals surface area (Å²) in [7, 11) is 3.32. The SMILES string of the molecule is COCC(=O)N1CCC2(CC1)CC(=O)N(C)c1cc(C)nn12. The van der Waals surface area contributed by atoms with Crippen molar-refractivity contribution >= 4 is 17.6 Å². The number of amides is 2. The van der Waals surface area contributed by atoms with Gasteiger partial charge in [0, 0.05) is 33.3 Å². The van der Waals surface area contributed by atoms with Crippen LogP contribution in [0.2, 0.25) is 0 Å². The zero-order valence-electron chi connectivity index (χ0n) is 13.3. The molecule has 0 aliphatic carbocycles. The van der Waals surface area contributed by atoms with Gasteiger partial charge in [0.2, 0.25) is 11.8 Å². The lowest BCUT2D eigenvalue weighted by Gasteiger charge is -2.45. The molecule has 1 fully saturated rings. The Morgan fingerprint density at radius 1 is 1.41 bits per heavy atom. The van der Waals surface area contributed by atoms with E-state index in [1.807, 2.05) is 22.6 Å². The highest BCUT2D eigenvalue weighted by Crippen LogP contribution is 2.40. The van der Waals surface area contributed by atoms with Crippen molar-refractivity contribution in [3.8, 4) is 0 Å². The summed E-state index contributed by atoms with van der Waals surface area (Å²) in [6.45, 7) is 3.32. The number of anilines is 1. The molecular formula is C15H22N4O3. The second-order valence-corrected chi connectivity index (χ2v) is 6.22. The minimum Gasteiger partial charge on any atom is -0.375 e. The number of fused-ring (bicyclic) bond motifs is 2. The molecule has 1 saturated heterocycles. The smallest absolute Gasteiger partial charge is 0.248 e. The van der Waals surface area contributed by atoms with Gasteiger partial charge in [-0.3, -0.25) is 9.59 Å². The second-order valence-electron chi connectivity index (χ2n) is 6.22. The monoisotopic (exact) mass is 306 g/mol. The van der Waals surface area contributed by atoms with Crippen LogP contribution in [-0.2, 0) is 19.9 Å². The Bertz CT molecular complexity index is 602. The van der Waals surface area contributed by atoms with Crippen molar-refractivity contribution in [2.24, 2.45) is 0 Å². The molecule has 0 atom stereocenters.